The number of aromatic nitrogens is 3. The molecule has 2 saturated heterocycles. The van der Waals surface area contributed by atoms with E-state index in [-0.39, 0.29) is 0 Å². The molecule has 3 aromatic heterocycles. The van der Waals surface area contributed by atoms with Crippen LogP contribution in [0.2, 0.25) is 0 Å². The summed E-state index contributed by atoms with van der Waals surface area (Å²) in [5, 5.41) is 10.6. The molecule has 5 heterocycles. The predicted molar refractivity (Wildman–Crippen MR) is 160 cm³/mol. The summed E-state index contributed by atoms with van der Waals surface area (Å²) in [6.07, 6.45) is 11.8. The number of hydrogen-bond donors (Lipinski definition) is 1. The van der Waals surface area contributed by atoms with Crippen LogP contribution in [0.5, 0.6) is 0 Å². The highest BCUT2D eigenvalue weighted by atomic mass is 16.5. The number of ether oxygens (including phenoxy) is 1. The summed E-state index contributed by atoms with van der Waals surface area (Å²) < 4.78 is 5.74. The van der Waals surface area contributed by atoms with Crippen molar-refractivity contribution in [2.24, 2.45) is 0 Å². The Balaban J connectivity index is 1.06. The summed E-state index contributed by atoms with van der Waals surface area (Å²) in [6.45, 7) is 1.83. The molecule has 2 unspecified atom stereocenters. The Bertz CT molecular complexity index is 1790. The molecule has 6 heteroatoms. The van der Waals surface area contributed by atoms with Crippen molar-refractivity contribution in [1.29, 1.82) is 5.26 Å². The molecule has 8 rings (SSSR count). The summed E-state index contributed by atoms with van der Waals surface area (Å²) in [4.78, 5) is 15.3. The van der Waals surface area contributed by atoms with Gasteiger partial charge in [-0.1, -0.05) is 42.5 Å². The second kappa shape index (κ2) is 9.95. The number of nitrogens with zero attached hydrogens (tertiary/aromatic N) is 4. The maximum Gasteiger partial charge on any atom is 0.137 e. The SMILES string of the molecule is N#Cc1cccnc1-c1ccc(-c2c[nH]c3ncc(-c4ccc5c(c4)CC[C@@H](N4C6COCC4C6)CC5)cc23)cc1. The molecule has 0 radical (unpaired) electrons. The number of nitriles is 1. The zero-order valence-electron chi connectivity index (χ0n) is 22.9. The monoisotopic (exact) mass is 537 g/mol. The van der Waals surface area contributed by atoms with Crippen molar-refractivity contribution in [2.45, 2.75) is 50.2 Å². The maximum atomic E-state index is 9.47. The molecule has 5 aromatic rings. The van der Waals surface area contributed by atoms with E-state index in [4.69, 9.17) is 9.72 Å². The number of pyridine rings is 2. The van der Waals surface area contributed by atoms with E-state index in [0.717, 1.165) is 59.3 Å². The van der Waals surface area contributed by atoms with Gasteiger partial charge in [0.1, 0.15) is 11.7 Å². The van der Waals surface area contributed by atoms with Crippen LogP contribution in [0.15, 0.2) is 79.3 Å². The number of fused-ring (bicyclic) bond motifs is 4. The molecule has 1 N–H and O–H groups in total. The molecule has 2 fully saturated rings. The lowest BCUT2D eigenvalue weighted by Gasteiger charge is -2.56. The molecule has 41 heavy (non-hydrogen) atoms. The lowest BCUT2D eigenvalue weighted by atomic mass is 9.87. The topological polar surface area (TPSA) is 77.8 Å². The van der Waals surface area contributed by atoms with Crippen LogP contribution in [0.25, 0.3) is 44.5 Å². The summed E-state index contributed by atoms with van der Waals surface area (Å²) in [5.74, 6) is 0. The fourth-order valence-corrected chi connectivity index (χ4v) is 7.26. The van der Waals surface area contributed by atoms with Gasteiger partial charge in [-0.25, -0.2) is 4.98 Å². The fourth-order valence-electron chi connectivity index (χ4n) is 7.26. The van der Waals surface area contributed by atoms with Crippen LogP contribution in [-0.2, 0) is 17.6 Å². The maximum absolute atomic E-state index is 9.47. The van der Waals surface area contributed by atoms with Crippen LogP contribution >= 0.6 is 0 Å². The third kappa shape index (κ3) is 4.24. The third-order valence-corrected chi connectivity index (χ3v) is 9.39. The van der Waals surface area contributed by atoms with Crippen LogP contribution in [-0.4, -0.2) is 51.2 Å². The Kier molecular flexibility index (Phi) is 5.94. The predicted octanol–water partition coefficient (Wildman–Crippen LogP) is 6.55. The second-order valence-corrected chi connectivity index (χ2v) is 11.7. The van der Waals surface area contributed by atoms with E-state index in [1.807, 2.05) is 24.5 Å². The van der Waals surface area contributed by atoms with E-state index in [9.17, 15) is 5.26 Å². The standard InChI is InChI=1S/C35H31N5O/c36-17-27-2-1-13-37-34(27)24-6-4-23(5-7-24)33-19-39-35-32(33)15-28(18-38-35)26-8-3-22-9-11-29(12-10-25(22)14-26)40-30-16-31(40)21-41-20-30/h1-8,13-15,18-19,29-31H,9-12,16,20-21H2,(H,38,39)/t29-,30?,31?/m0/s1. The summed E-state index contributed by atoms with van der Waals surface area (Å²) in [7, 11) is 0. The largest absolute Gasteiger partial charge is 0.378 e. The van der Waals surface area contributed by atoms with Gasteiger partial charge in [-0.3, -0.25) is 9.88 Å². The molecular weight excluding hydrogens is 506 g/mol. The van der Waals surface area contributed by atoms with E-state index in [1.165, 1.54) is 36.0 Å². The molecular formula is C35H31N5O. The number of rotatable bonds is 4. The first-order chi connectivity index (χ1) is 20.2. The molecule has 3 atom stereocenters. The molecule has 202 valence electrons. The van der Waals surface area contributed by atoms with E-state index in [0.29, 0.717) is 29.4 Å². The molecule has 2 aromatic carbocycles. The first kappa shape index (κ1) is 24.5. The van der Waals surface area contributed by atoms with Gasteiger partial charge in [0.2, 0.25) is 0 Å². The van der Waals surface area contributed by atoms with E-state index < -0.39 is 0 Å². The smallest absolute Gasteiger partial charge is 0.137 e. The minimum atomic E-state index is 0.579. The van der Waals surface area contributed by atoms with Gasteiger partial charge in [0.15, 0.2) is 0 Å². The van der Waals surface area contributed by atoms with Gasteiger partial charge in [-0.2, -0.15) is 5.26 Å². The number of hydrogen-bond acceptors (Lipinski definition) is 5. The number of nitrogens with one attached hydrogen (secondary N) is 1. The average Bonchev–Trinajstić information content (AvgIpc) is 3.35. The van der Waals surface area contributed by atoms with E-state index >= 15 is 0 Å². The van der Waals surface area contributed by atoms with E-state index in [2.05, 4.69) is 57.3 Å². The van der Waals surface area contributed by atoms with Gasteiger partial charge in [-0.15, -0.1) is 0 Å². The Morgan fingerprint density at radius 1 is 0.829 bits per heavy atom. The Morgan fingerprint density at radius 2 is 1.61 bits per heavy atom. The minimum Gasteiger partial charge on any atom is -0.378 e. The Labute approximate surface area is 239 Å². The molecule has 0 saturated carbocycles. The normalized spacial score (nSPS) is 22.0. The molecule has 1 aliphatic carbocycles. The highest BCUT2D eigenvalue weighted by molar-refractivity contribution is 5.96. The Hall–Kier alpha value is -4.31. The summed E-state index contributed by atoms with van der Waals surface area (Å²) >= 11 is 0. The van der Waals surface area contributed by atoms with Crippen molar-refractivity contribution < 1.29 is 4.74 Å². The van der Waals surface area contributed by atoms with Crippen LogP contribution in [0.1, 0.15) is 36.0 Å². The van der Waals surface area contributed by atoms with Gasteiger partial charge in [0.25, 0.3) is 0 Å². The van der Waals surface area contributed by atoms with Crippen molar-refractivity contribution in [3.8, 4) is 39.6 Å². The van der Waals surface area contributed by atoms with Crippen molar-refractivity contribution in [2.75, 3.05) is 13.2 Å². The zero-order chi connectivity index (χ0) is 27.3. The highest BCUT2D eigenvalue weighted by Gasteiger charge is 2.45. The fraction of sp³-hybridized carbons (Fsp3) is 0.286. The Morgan fingerprint density at radius 3 is 2.41 bits per heavy atom. The number of H-pyrrole nitrogens is 1. The number of aromatic amines is 1. The zero-order valence-corrected chi connectivity index (χ0v) is 22.9. The van der Waals surface area contributed by atoms with Gasteiger partial charge in [0.05, 0.1) is 24.5 Å². The molecule has 0 spiro atoms. The number of aryl methyl sites for hydroxylation is 2. The van der Waals surface area contributed by atoms with Crippen LogP contribution in [0, 0.1) is 11.3 Å². The van der Waals surface area contributed by atoms with Crippen molar-refractivity contribution in [1.82, 2.24) is 19.9 Å². The average molecular weight is 538 g/mol. The van der Waals surface area contributed by atoms with Gasteiger partial charge >= 0.3 is 0 Å². The van der Waals surface area contributed by atoms with E-state index in [1.54, 1.807) is 18.3 Å². The summed E-state index contributed by atoms with van der Waals surface area (Å²) in [5.41, 5.74) is 10.7. The first-order valence-electron chi connectivity index (χ1n) is 14.7. The molecule has 2 bridgehead atoms. The number of morpholine rings is 1. The van der Waals surface area contributed by atoms with Crippen molar-refractivity contribution in [3.05, 3.63) is 95.9 Å². The highest BCUT2D eigenvalue weighted by Crippen LogP contribution is 2.38. The quantitative estimate of drug-likeness (QED) is 0.263. The second-order valence-electron chi connectivity index (χ2n) is 11.7. The molecule has 0 amide bonds. The molecule has 3 aliphatic rings. The van der Waals surface area contributed by atoms with Crippen LogP contribution in [0.4, 0.5) is 0 Å². The molecule has 2 aliphatic heterocycles. The van der Waals surface area contributed by atoms with Crippen molar-refractivity contribution in [3.63, 3.8) is 0 Å². The van der Waals surface area contributed by atoms with Gasteiger partial charge in [0, 0.05) is 58.8 Å². The number of benzene rings is 2. The van der Waals surface area contributed by atoms with Crippen molar-refractivity contribution >= 4 is 11.0 Å². The molecule has 6 nitrogen and oxygen atoms in total. The first-order valence-corrected chi connectivity index (χ1v) is 14.7. The van der Waals surface area contributed by atoms with Crippen LogP contribution < -0.4 is 0 Å². The minimum absolute atomic E-state index is 0.579. The third-order valence-electron chi connectivity index (χ3n) is 9.39. The summed E-state index contributed by atoms with van der Waals surface area (Å²) in [6, 6.07) is 25.3. The lowest BCUT2D eigenvalue weighted by molar-refractivity contribution is -0.148. The van der Waals surface area contributed by atoms with Crippen LogP contribution in [0.3, 0.4) is 0 Å². The van der Waals surface area contributed by atoms with Gasteiger partial charge in [-0.05, 0) is 72.6 Å². The van der Waals surface area contributed by atoms with Gasteiger partial charge < -0.3 is 9.72 Å². The lowest BCUT2D eigenvalue weighted by Crippen LogP contribution is -2.66.